The molecule has 0 aliphatic heterocycles. The molecule has 0 saturated carbocycles. The molecule has 0 N–H and O–H groups in total. The molecule has 0 aromatic heterocycles. The minimum atomic E-state index is -0.106. The molecule has 72 valence electrons. The van der Waals surface area contributed by atoms with Crippen LogP contribution < -0.4 is 0 Å². The Morgan fingerprint density at radius 1 is 1.50 bits per heavy atom. The zero-order chi connectivity index (χ0) is 9.56. The smallest absolute Gasteiger partial charge is 0.307 e. The molecule has 0 aliphatic carbocycles. The first-order valence-corrected chi connectivity index (χ1v) is 6.14. The fourth-order valence-electron chi connectivity index (χ4n) is 0.698. The molecule has 0 rings (SSSR count). The number of alkyl halides is 2. The molecule has 5 heteroatoms. The van der Waals surface area contributed by atoms with Crippen LogP contribution in [0.25, 0.3) is 0 Å². The molecule has 0 fully saturated rings. The van der Waals surface area contributed by atoms with E-state index in [0.29, 0.717) is 6.42 Å². The average Bonchev–Trinajstić information content (AvgIpc) is 1.84. The molecule has 0 heterocycles. The van der Waals surface area contributed by atoms with E-state index in [1.807, 2.05) is 14.1 Å². The van der Waals surface area contributed by atoms with Gasteiger partial charge in [0.1, 0.15) is 0 Å². The lowest BCUT2D eigenvalue weighted by atomic mass is 10.3. The summed E-state index contributed by atoms with van der Waals surface area (Å²) in [5.74, 6) is -0.106. The van der Waals surface area contributed by atoms with E-state index >= 15 is 0 Å². The summed E-state index contributed by atoms with van der Waals surface area (Å²) in [5.41, 5.74) is 0. The van der Waals surface area contributed by atoms with Gasteiger partial charge < -0.3 is 9.64 Å². The second kappa shape index (κ2) is 7.31. The van der Waals surface area contributed by atoms with Crippen molar-refractivity contribution in [2.75, 3.05) is 20.6 Å². The number of rotatable bonds is 5. The van der Waals surface area contributed by atoms with Gasteiger partial charge in [-0.05, 0) is 72.2 Å². The van der Waals surface area contributed by atoms with Crippen LogP contribution in [0.4, 0.5) is 0 Å². The monoisotopic (exact) mass is 397 g/mol. The highest BCUT2D eigenvalue weighted by Crippen LogP contribution is 2.12. The summed E-state index contributed by atoms with van der Waals surface area (Å²) in [7, 11) is 3.98. The lowest BCUT2D eigenvalue weighted by molar-refractivity contribution is -0.141. The van der Waals surface area contributed by atoms with Gasteiger partial charge in [0, 0.05) is 6.42 Å². The van der Waals surface area contributed by atoms with Crippen molar-refractivity contribution in [2.45, 2.75) is 15.0 Å². The first kappa shape index (κ1) is 12.9. The van der Waals surface area contributed by atoms with Crippen LogP contribution in [-0.4, -0.2) is 33.6 Å². The minimum absolute atomic E-state index is 0.0490. The summed E-state index contributed by atoms with van der Waals surface area (Å²) < 4.78 is 4.90. The molecule has 0 aliphatic rings. The lowest BCUT2D eigenvalue weighted by Crippen LogP contribution is -2.15. The molecule has 0 radical (unpaired) electrons. The third-order valence-corrected chi connectivity index (χ3v) is 1.72. The third-order valence-electron chi connectivity index (χ3n) is 1.21. The first-order chi connectivity index (χ1) is 5.52. The normalized spacial score (nSPS) is 10.8. The molecule has 0 saturated heterocycles. The number of carbonyl (C=O) groups excluding carboxylic acids is 1. The summed E-state index contributed by atoms with van der Waals surface area (Å²) in [6.45, 7) is 0.933. The number of hydrogen-bond donors (Lipinski definition) is 0. The Morgan fingerprint density at radius 2 is 2.08 bits per heavy atom. The highest BCUT2D eigenvalue weighted by Gasteiger charge is 2.06. The van der Waals surface area contributed by atoms with E-state index in [0.717, 1.165) is 13.0 Å². The fourth-order valence-corrected chi connectivity index (χ4v) is 1.27. The summed E-state index contributed by atoms with van der Waals surface area (Å²) in [5, 5.41) is 0. The largest absolute Gasteiger partial charge is 0.441 e. The first-order valence-electron chi connectivity index (χ1n) is 3.64. The Bertz CT molecular complexity index is 139. The van der Waals surface area contributed by atoms with Crippen LogP contribution in [0.2, 0.25) is 0 Å². The molecule has 0 aromatic rings. The maximum Gasteiger partial charge on any atom is 0.307 e. The van der Waals surface area contributed by atoms with Crippen LogP contribution in [0, 0.1) is 0 Å². The molecule has 0 unspecified atom stereocenters. The van der Waals surface area contributed by atoms with E-state index in [4.69, 9.17) is 4.74 Å². The van der Waals surface area contributed by atoms with Crippen molar-refractivity contribution < 1.29 is 9.53 Å². The quantitative estimate of drug-likeness (QED) is 0.404. The fraction of sp³-hybridized carbons (Fsp3) is 0.857. The van der Waals surface area contributed by atoms with Gasteiger partial charge in [-0.2, -0.15) is 0 Å². The Kier molecular flexibility index (Phi) is 7.85. The van der Waals surface area contributed by atoms with E-state index in [1.165, 1.54) is 0 Å². The molecular formula is C7H13I2NO2. The van der Waals surface area contributed by atoms with E-state index < -0.39 is 0 Å². The summed E-state index contributed by atoms with van der Waals surface area (Å²) in [6, 6.07) is 0. The molecule has 0 amide bonds. The van der Waals surface area contributed by atoms with Crippen LogP contribution >= 0.6 is 45.2 Å². The molecule has 3 nitrogen and oxygen atoms in total. The molecule has 0 aromatic carbocycles. The van der Waals surface area contributed by atoms with Gasteiger partial charge in [-0.1, -0.05) is 0 Å². The van der Waals surface area contributed by atoms with E-state index in [1.54, 1.807) is 0 Å². The van der Waals surface area contributed by atoms with Crippen molar-refractivity contribution in [2.24, 2.45) is 0 Å². The maximum absolute atomic E-state index is 11.0. The zero-order valence-electron chi connectivity index (χ0n) is 7.22. The molecule has 0 bridgehead atoms. The number of halogens is 2. The Labute approximate surface area is 100 Å². The Hall–Kier alpha value is 0.890. The van der Waals surface area contributed by atoms with Crippen molar-refractivity contribution in [1.82, 2.24) is 4.90 Å². The van der Waals surface area contributed by atoms with Gasteiger partial charge in [-0.25, -0.2) is 0 Å². The number of hydrogen-bond acceptors (Lipinski definition) is 3. The molecule has 12 heavy (non-hydrogen) atoms. The van der Waals surface area contributed by atoms with Gasteiger partial charge >= 0.3 is 5.97 Å². The van der Waals surface area contributed by atoms with E-state index in [2.05, 4.69) is 50.1 Å². The average molecular weight is 397 g/mol. The van der Waals surface area contributed by atoms with Crippen molar-refractivity contribution in [1.29, 1.82) is 0 Å². The van der Waals surface area contributed by atoms with Crippen molar-refractivity contribution >= 4 is 51.2 Å². The van der Waals surface area contributed by atoms with Gasteiger partial charge in [-0.3, -0.25) is 4.79 Å². The van der Waals surface area contributed by atoms with Gasteiger partial charge in [0.15, 0.2) is 0 Å². The van der Waals surface area contributed by atoms with Crippen LogP contribution in [0.15, 0.2) is 0 Å². The van der Waals surface area contributed by atoms with Crippen molar-refractivity contribution in [3.8, 4) is 0 Å². The standard InChI is InChI=1S/C7H13I2NO2/c1-10(2)5-3-4-6(11)12-7(8)9/h7H,3-5H2,1-2H3. The number of carbonyl (C=O) groups is 1. The van der Waals surface area contributed by atoms with Gasteiger partial charge in [0.05, 0.1) is 0 Å². The van der Waals surface area contributed by atoms with E-state index in [9.17, 15) is 4.79 Å². The van der Waals surface area contributed by atoms with Crippen LogP contribution in [0.3, 0.4) is 0 Å². The highest BCUT2D eigenvalue weighted by atomic mass is 127. The second-order valence-corrected chi connectivity index (χ2v) is 7.30. The van der Waals surface area contributed by atoms with Crippen molar-refractivity contribution in [3.63, 3.8) is 0 Å². The predicted octanol–water partition coefficient (Wildman–Crippen LogP) is 2.02. The van der Waals surface area contributed by atoms with Gasteiger partial charge in [-0.15, -0.1) is 0 Å². The van der Waals surface area contributed by atoms with Crippen LogP contribution in [0.5, 0.6) is 0 Å². The van der Waals surface area contributed by atoms with Crippen LogP contribution in [-0.2, 0) is 9.53 Å². The number of nitrogens with zero attached hydrogens (tertiary/aromatic N) is 1. The third kappa shape index (κ3) is 8.98. The van der Waals surface area contributed by atoms with Gasteiger partial charge in [0.2, 0.25) is 2.12 Å². The number of esters is 1. The minimum Gasteiger partial charge on any atom is -0.441 e. The van der Waals surface area contributed by atoms with Gasteiger partial charge in [0.25, 0.3) is 0 Å². The topological polar surface area (TPSA) is 29.5 Å². The maximum atomic E-state index is 11.0. The Balaban J connectivity index is 3.32. The predicted molar refractivity (Wildman–Crippen MR) is 65.7 cm³/mol. The Morgan fingerprint density at radius 3 is 2.50 bits per heavy atom. The van der Waals surface area contributed by atoms with Crippen LogP contribution in [0.1, 0.15) is 12.8 Å². The second-order valence-electron chi connectivity index (χ2n) is 2.66. The summed E-state index contributed by atoms with van der Waals surface area (Å²) in [4.78, 5) is 13.0. The number of ether oxygens (including phenoxy) is 1. The zero-order valence-corrected chi connectivity index (χ0v) is 11.5. The summed E-state index contributed by atoms with van der Waals surface area (Å²) >= 11 is 4.11. The SMILES string of the molecule is CN(C)CCCC(=O)OC(I)I. The summed E-state index contributed by atoms with van der Waals surface area (Å²) in [6.07, 6.45) is 1.38. The lowest BCUT2D eigenvalue weighted by Gasteiger charge is -2.09. The van der Waals surface area contributed by atoms with E-state index in [-0.39, 0.29) is 8.09 Å². The van der Waals surface area contributed by atoms with Crippen molar-refractivity contribution in [3.05, 3.63) is 0 Å². The molecule has 0 atom stereocenters. The molecule has 0 spiro atoms. The molecular weight excluding hydrogens is 384 g/mol. The highest BCUT2D eigenvalue weighted by molar-refractivity contribution is 14.2.